The fourth-order valence-electron chi connectivity index (χ4n) is 2.11. The number of aryl methyl sites for hydroxylation is 1. The van der Waals surface area contributed by atoms with Crippen molar-refractivity contribution in [3.05, 3.63) is 23.2 Å². The Morgan fingerprint density at radius 1 is 1.62 bits per heavy atom. The lowest BCUT2D eigenvalue weighted by Crippen LogP contribution is -2.30. The maximum absolute atomic E-state index is 5.57. The van der Waals surface area contributed by atoms with E-state index in [0.29, 0.717) is 6.54 Å². The normalized spacial score (nSPS) is 20.9. The molecule has 2 rings (SSSR count). The largest absolute Gasteiger partial charge is 0.465 e. The van der Waals surface area contributed by atoms with E-state index in [9.17, 15) is 0 Å². The number of hydrogen-bond acceptors (Lipinski definition) is 4. The van der Waals surface area contributed by atoms with Crippen molar-refractivity contribution in [2.24, 2.45) is 5.73 Å². The van der Waals surface area contributed by atoms with Crippen LogP contribution in [0.5, 0.6) is 0 Å². The summed E-state index contributed by atoms with van der Waals surface area (Å²) in [7, 11) is 2.20. The molecule has 2 heterocycles. The van der Waals surface area contributed by atoms with Crippen LogP contribution >= 0.6 is 11.8 Å². The molecule has 1 atom stereocenters. The average Bonchev–Trinajstić information content (AvgIpc) is 2.88. The van der Waals surface area contributed by atoms with Gasteiger partial charge < -0.3 is 10.2 Å². The van der Waals surface area contributed by atoms with Crippen LogP contribution in [-0.2, 0) is 13.1 Å². The summed E-state index contributed by atoms with van der Waals surface area (Å²) in [5, 5.41) is 0. The first-order valence-corrected chi connectivity index (χ1v) is 6.92. The molecule has 16 heavy (non-hydrogen) atoms. The van der Waals surface area contributed by atoms with Crippen molar-refractivity contribution in [2.75, 3.05) is 18.6 Å². The summed E-state index contributed by atoms with van der Waals surface area (Å²) in [5.41, 5.74) is 6.85. The van der Waals surface area contributed by atoms with Crippen molar-refractivity contribution in [3.8, 4) is 0 Å². The van der Waals surface area contributed by atoms with Gasteiger partial charge >= 0.3 is 0 Å². The van der Waals surface area contributed by atoms with Gasteiger partial charge in [0, 0.05) is 23.9 Å². The lowest BCUT2D eigenvalue weighted by atomic mass is 10.2. The SMILES string of the molecule is Cc1oc(CN)cc1CN(C)C1CCSC1. The zero-order valence-corrected chi connectivity index (χ0v) is 10.8. The number of hydrogen-bond donors (Lipinski definition) is 1. The molecule has 3 nitrogen and oxygen atoms in total. The lowest BCUT2D eigenvalue weighted by Gasteiger charge is -2.22. The van der Waals surface area contributed by atoms with Crippen LogP contribution in [0.15, 0.2) is 10.5 Å². The van der Waals surface area contributed by atoms with Gasteiger partial charge in [0.15, 0.2) is 0 Å². The Labute approximate surface area is 101 Å². The van der Waals surface area contributed by atoms with Crippen LogP contribution < -0.4 is 5.73 Å². The van der Waals surface area contributed by atoms with Crippen molar-refractivity contribution in [1.82, 2.24) is 4.90 Å². The lowest BCUT2D eigenvalue weighted by molar-refractivity contribution is 0.253. The van der Waals surface area contributed by atoms with Crippen molar-refractivity contribution >= 4 is 11.8 Å². The molecule has 1 aromatic rings. The third kappa shape index (κ3) is 2.62. The molecule has 1 aliphatic rings. The van der Waals surface area contributed by atoms with Crippen LogP contribution in [0, 0.1) is 6.92 Å². The van der Waals surface area contributed by atoms with E-state index in [-0.39, 0.29) is 0 Å². The molecule has 0 saturated carbocycles. The Balaban J connectivity index is 1.99. The minimum absolute atomic E-state index is 0.490. The molecule has 0 radical (unpaired) electrons. The van der Waals surface area contributed by atoms with E-state index < -0.39 is 0 Å². The Bertz CT molecular complexity index is 345. The molecule has 1 fully saturated rings. The number of rotatable bonds is 4. The van der Waals surface area contributed by atoms with Gasteiger partial charge in [0.1, 0.15) is 11.5 Å². The van der Waals surface area contributed by atoms with Crippen LogP contribution in [0.4, 0.5) is 0 Å². The minimum atomic E-state index is 0.490. The Kier molecular flexibility index (Phi) is 3.95. The summed E-state index contributed by atoms with van der Waals surface area (Å²) >= 11 is 2.05. The second-order valence-corrected chi connectivity index (χ2v) is 5.58. The molecule has 4 heteroatoms. The Morgan fingerprint density at radius 2 is 2.44 bits per heavy atom. The predicted molar refractivity (Wildman–Crippen MR) is 68.5 cm³/mol. The monoisotopic (exact) mass is 240 g/mol. The first-order chi connectivity index (χ1) is 7.70. The van der Waals surface area contributed by atoms with Gasteiger partial charge in [-0.2, -0.15) is 11.8 Å². The highest BCUT2D eigenvalue weighted by Crippen LogP contribution is 2.24. The van der Waals surface area contributed by atoms with E-state index in [0.717, 1.165) is 24.1 Å². The molecule has 90 valence electrons. The first-order valence-electron chi connectivity index (χ1n) is 5.77. The van der Waals surface area contributed by atoms with Gasteiger partial charge in [-0.05, 0) is 32.2 Å². The summed E-state index contributed by atoms with van der Waals surface area (Å²) in [5.74, 6) is 4.46. The van der Waals surface area contributed by atoms with E-state index in [2.05, 4.69) is 18.0 Å². The summed E-state index contributed by atoms with van der Waals surface area (Å²) in [6, 6.07) is 2.81. The smallest absolute Gasteiger partial charge is 0.118 e. The Hall–Kier alpha value is -0.450. The van der Waals surface area contributed by atoms with Gasteiger partial charge in [-0.15, -0.1) is 0 Å². The zero-order chi connectivity index (χ0) is 11.5. The molecular formula is C12H20N2OS. The van der Waals surface area contributed by atoms with E-state index in [1.807, 2.05) is 18.7 Å². The fraction of sp³-hybridized carbons (Fsp3) is 0.667. The first kappa shape index (κ1) is 12.0. The standard InChI is InChI=1S/C12H20N2OS/c1-9-10(5-12(6-13)15-9)7-14(2)11-3-4-16-8-11/h5,11H,3-4,6-8,13H2,1-2H3. The molecule has 0 spiro atoms. The molecule has 1 aromatic heterocycles. The highest BCUT2D eigenvalue weighted by atomic mass is 32.2. The van der Waals surface area contributed by atoms with Crippen LogP contribution in [0.2, 0.25) is 0 Å². The molecule has 1 aliphatic heterocycles. The second-order valence-electron chi connectivity index (χ2n) is 4.43. The summed E-state index contributed by atoms with van der Waals surface area (Å²) in [6.45, 7) is 3.48. The highest BCUT2D eigenvalue weighted by Gasteiger charge is 2.21. The van der Waals surface area contributed by atoms with Crippen molar-refractivity contribution in [2.45, 2.75) is 32.5 Å². The zero-order valence-electron chi connectivity index (χ0n) is 10.0. The van der Waals surface area contributed by atoms with Gasteiger partial charge in [-0.1, -0.05) is 0 Å². The number of furan rings is 1. The topological polar surface area (TPSA) is 42.4 Å². The quantitative estimate of drug-likeness (QED) is 0.874. The van der Waals surface area contributed by atoms with E-state index in [1.54, 1.807) is 0 Å². The predicted octanol–water partition coefficient (Wildman–Crippen LogP) is 1.98. The van der Waals surface area contributed by atoms with Gasteiger partial charge in [-0.3, -0.25) is 4.90 Å². The van der Waals surface area contributed by atoms with Crippen LogP contribution in [0.25, 0.3) is 0 Å². The van der Waals surface area contributed by atoms with Gasteiger partial charge in [0.25, 0.3) is 0 Å². The maximum atomic E-state index is 5.57. The van der Waals surface area contributed by atoms with Crippen LogP contribution in [0.1, 0.15) is 23.5 Å². The average molecular weight is 240 g/mol. The van der Waals surface area contributed by atoms with E-state index in [4.69, 9.17) is 10.2 Å². The molecule has 1 unspecified atom stereocenters. The Morgan fingerprint density at radius 3 is 3.00 bits per heavy atom. The van der Waals surface area contributed by atoms with Gasteiger partial charge in [0.2, 0.25) is 0 Å². The van der Waals surface area contributed by atoms with E-state index in [1.165, 1.54) is 23.5 Å². The molecule has 0 amide bonds. The molecule has 0 bridgehead atoms. The number of nitrogens with zero attached hydrogens (tertiary/aromatic N) is 1. The number of thioether (sulfide) groups is 1. The van der Waals surface area contributed by atoms with Crippen LogP contribution in [-0.4, -0.2) is 29.5 Å². The van der Waals surface area contributed by atoms with Crippen LogP contribution in [0.3, 0.4) is 0 Å². The molecule has 1 saturated heterocycles. The molecular weight excluding hydrogens is 220 g/mol. The third-order valence-electron chi connectivity index (χ3n) is 3.22. The maximum Gasteiger partial charge on any atom is 0.118 e. The summed E-state index contributed by atoms with van der Waals surface area (Å²) in [6.07, 6.45) is 1.31. The third-order valence-corrected chi connectivity index (χ3v) is 4.37. The van der Waals surface area contributed by atoms with E-state index >= 15 is 0 Å². The molecule has 0 aliphatic carbocycles. The molecule has 2 N–H and O–H groups in total. The fourth-order valence-corrected chi connectivity index (χ4v) is 3.41. The summed E-state index contributed by atoms with van der Waals surface area (Å²) in [4.78, 5) is 2.43. The van der Waals surface area contributed by atoms with Crippen molar-refractivity contribution in [3.63, 3.8) is 0 Å². The van der Waals surface area contributed by atoms with Crippen molar-refractivity contribution < 1.29 is 4.42 Å². The second kappa shape index (κ2) is 5.25. The van der Waals surface area contributed by atoms with Gasteiger partial charge in [-0.25, -0.2) is 0 Å². The minimum Gasteiger partial charge on any atom is -0.465 e. The van der Waals surface area contributed by atoms with Gasteiger partial charge in [0.05, 0.1) is 6.54 Å². The molecule has 0 aromatic carbocycles. The number of nitrogens with two attached hydrogens (primary N) is 1. The highest BCUT2D eigenvalue weighted by molar-refractivity contribution is 7.99. The summed E-state index contributed by atoms with van der Waals surface area (Å²) < 4.78 is 5.57. The van der Waals surface area contributed by atoms with Crippen molar-refractivity contribution in [1.29, 1.82) is 0 Å².